The van der Waals surface area contributed by atoms with Gasteiger partial charge < -0.3 is 13.9 Å². The molecule has 76 valence electrons. The lowest BCUT2D eigenvalue weighted by molar-refractivity contribution is -0.130. The van der Waals surface area contributed by atoms with Gasteiger partial charge in [-0.3, -0.25) is 0 Å². The fourth-order valence-corrected chi connectivity index (χ4v) is 1.19. The number of furan rings is 2. The van der Waals surface area contributed by atoms with Crippen LogP contribution in [0.4, 0.5) is 0 Å². The number of aliphatic carboxylic acids is 1. The van der Waals surface area contributed by atoms with E-state index in [-0.39, 0.29) is 5.57 Å². The molecule has 0 unspecified atom stereocenters. The van der Waals surface area contributed by atoms with Gasteiger partial charge in [0.25, 0.3) is 0 Å². The van der Waals surface area contributed by atoms with Gasteiger partial charge in [-0.25, -0.2) is 4.79 Å². The van der Waals surface area contributed by atoms with Crippen molar-refractivity contribution in [3.05, 3.63) is 48.3 Å². The fourth-order valence-electron chi connectivity index (χ4n) is 1.19. The Labute approximate surface area is 85.4 Å². The average molecular weight is 204 g/mol. The molecule has 0 aliphatic carbocycles. The third-order valence-electron chi connectivity index (χ3n) is 1.85. The highest BCUT2D eigenvalue weighted by atomic mass is 16.4. The summed E-state index contributed by atoms with van der Waals surface area (Å²) in [5.74, 6) is -0.274. The summed E-state index contributed by atoms with van der Waals surface area (Å²) >= 11 is 0. The van der Waals surface area contributed by atoms with Crippen LogP contribution in [0.5, 0.6) is 0 Å². The first-order valence-electron chi connectivity index (χ1n) is 4.30. The van der Waals surface area contributed by atoms with E-state index in [0.717, 1.165) is 0 Å². The van der Waals surface area contributed by atoms with Gasteiger partial charge in [0.05, 0.1) is 12.5 Å². The van der Waals surface area contributed by atoms with Crippen molar-refractivity contribution in [1.82, 2.24) is 0 Å². The zero-order valence-corrected chi connectivity index (χ0v) is 7.71. The van der Waals surface area contributed by atoms with E-state index < -0.39 is 5.97 Å². The molecular weight excluding hydrogens is 196 g/mol. The molecule has 0 bridgehead atoms. The monoisotopic (exact) mass is 204 g/mol. The number of carbonyl (C=O) groups is 1. The highest BCUT2D eigenvalue weighted by Gasteiger charge is 2.13. The first-order valence-corrected chi connectivity index (χ1v) is 4.30. The standard InChI is InChI=1S/C11H8O4/c12-11(13)9(10-4-2-6-15-10)7-8-3-1-5-14-8/h1-7H,(H,12,13)/b9-7-. The van der Waals surface area contributed by atoms with Crippen LogP contribution in [0, 0.1) is 0 Å². The minimum absolute atomic E-state index is 0.0648. The average Bonchev–Trinajstić information content (AvgIpc) is 2.87. The van der Waals surface area contributed by atoms with E-state index in [9.17, 15) is 4.79 Å². The second-order valence-corrected chi connectivity index (χ2v) is 2.86. The third kappa shape index (κ3) is 1.99. The van der Waals surface area contributed by atoms with Crippen molar-refractivity contribution in [1.29, 1.82) is 0 Å². The molecule has 2 aromatic rings. The Morgan fingerprint density at radius 2 is 1.93 bits per heavy atom. The zero-order chi connectivity index (χ0) is 10.7. The van der Waals surface area contributed by atoms with Gasteiger partial charge in [0.1, 0.15) is 17.1 Å². The van der Waals surface area contributed by atoms with Gasteiger partial charge >= 0.3 is 5.97 Å². The molecule has 0 aliphatic heterocycles. The second kappa shape index (κ2) is 3.88. The van der Waals surface area contributed by atoms with Crippen LogP contribution < -0.4 is 0 Å². The van der Waals surface area contributed by atoms with Crippen molar-refractivity contribution < 1.29 is 18.7 Å². The summed E-state index contributed by atoms with van der Waals surface area (Å²) in [5, 5.41) is 8.97. The number of carboxylic acid groups (broad SMARTS) is 1. The predicted octanol–water partition coefficient (Wildman–Crippen LogP) is 2.50. The van der Waals surface area contributed by atoms with Gasteiger partial charge in [-0.05, 0) is 30.3 Å². The Morgan fingerprint density at radius 3 is 2.47 bits per heavy atom. The minimum Gasteiger partial charge on any atom is -0.478 e. The number of rotatable bonds is 3. The van der Waals surface area contributed by atoms with Gasteiger partial charge in [-0.15, -0.1) is 0 Å². The maximum atomic E-state index is 11.0. The summed E-state index contributed by atoms with van der Waals surface area (Å²) in [6.45, 7) is 0. The highest BCUT2D eigenvalue weighted by Crippen LogP contribution is 2.19. The van der Waals surface area contributed by atoms with Crippen LogP contribution in [0.15, 0.2) is 45.6 Å². The van der Waals surface area contributed by atoms with E-state index in [2.05, 4.69) is 0 Å². The smallest absolute Gasteiger partial charge is 0.339 e. The van der Waals surface area contributed by atoms with Gasteiger partial charge in [-0.2, -0.15) is 0 Å². The largest absolute Gasteiger partial charge is 0.478 e. The lowest BCUT2D eigenvalue weighted by atomic mass is 10.2. The summed E-state index contributed by atoms with van der Waals surface area (Å²) in [6.07, 6.45) is 4.32. The Hall–Kier alpha value is -2.23. The van der Waals surface area contributed by atoms with Gasteiger partial charge in [-0.1, -0.05) is 0 Å². The Morgan fingerprint density at radius 1 is 1.20 bits per heavy atom. The van der Waals surface area contributed by atoms with Crippen LogP contribution in [0.3, 0.4) is 0 Å². The summed E-state index contributed by atoms with van der Waals surface area (Å²) < 4.78 is 10.0. The Bertz CT molecular complexity index is 463. The molecule has 0 saturated heterocycles. The third-order valence-corrected chi connectivity index (χ3v) is 1.85. The minimum atomic E-state index is -1.05. The van der Waals surface area contributed by atoms with E-state index in [0.29, 0.717) is 11.5 Å². The molecule has 15 heavy (non-hydrogen) atoms. The molecule has 2 heterocycles. The van der Waals surface area contributed by atoms with Crippen molar-refractivity contribution >= 4 is 17.6 Å². The molecule has 0 amide bonds. The normalized spacial score (nSPS) is 11.6. The molecule has 4 nitrogen and oxygen atoms in total. The molecule has 0 saturated carbocycles. The van der Waals surface area contributed by atoms with Gasteiger partial charge in [0, 0.05) is 0 Å². The topological polar surface area (TPSA) is 63.6 Å². The lowest BCUT2D eigenvalue weighted by Crippen LogP contribution is -1.97. The van der Waals surface area contributed by atoms with Gasteiger partial charge in [0.15, 0.2) is 0 Å². The molecule has 1 N–H and O–H groups in total. The SMILES string of the molecule is O=C(O)/C(=C\c1ccco1)c1ccco1. The van der Waals surface area contributed by atoms with E-state index in [1.165, 1.54) is 18.6 Å². The maximum absolute atomic E-state index is 11.0. The quantitative estimate of drug-likeness (QED) is 0.780. The molecule has 2 aromatic heterocycles. The second-order valence-electron chi connectivity index (χ2n) is 2.86. The molecule has 0 fully saturated rings. The lowest BCUT2D eigenvalue weighted by Gasteiger charge is -1.96. The highest BCUT2D eigenvalue weighted by molar-refractivity contribution is 6.19. The van der Waals surface area contributed by atoms with Crippen LogP contribution >= 0.6 is 0 Å². The van der Waals surface area contributed by atoms with Crippen molar-refractivity contribution in [2.75, 3.05) is 0 Å². The van der Waals surface area contributed by atoms with Crippen molar-refractivity contribution in [3.8, 4) is 0 Å². The summed E-state index contributed by atoms with van der Waals surface area (Å²) in [6, 6.07) is 6.58. The zero-order valence-electron chi connectivity index (χ0n) is 7.71. The summed E-state index contributed by atoms with van der Waals surface area (Å²) in [7, 11) is 0. The fraction of sp³-hybridized carbons (Fsp3) is 0. The van der Waals surface area contributed by atoms with Crippen LogP contribution in [-0.2, 0) is 4.79 Å². The van der Waals surface area contributed by atoms with Crippen LogP contribution in [0.2, 0.25) is 0 Å². The van der Waals surface area contributed by atoms with E-state index in [1.54, 1.807) is 24.3 Å². The van der Waals surface area contributed by atoms with Crippen molar-refractivity contribution in [2.45, 2.75) is 0 Å². The number of carboxylic acids is 1. The number of hydrogen-bond donors (Lipinski definition) is 1. The maximum Gasteiger partial charge on any atom is 0.339 e. The first-order chi connectivity index (χ1) is 7.27. The van der Waals surface area contributed by atoms with Crippen LogP contribution in [0.25, 0.3) is 11.6 Å². The van der Waals surface area contributed by atoms with E-state index >= 15 is 0 Å². The molecule has 4 heteroatoms. The molecule has 0 aliphatic rings. The molecule has 0 radical (unpaired) electrons. The molecule has 0 aromatic carbocycles. The van der Waals surface area contributed by atoms with Crippen LogP contribution in [0.1, 0.15) is 11.5 Å². The predicted molar refractivity (Wildman–Crippen MR) is 52.9 cm³/mol. The molecule has 0 atom stereocenters. The summed E-state index contributed by atoms with van der Waals surface area (Å²) in [5.41, 5.74) is 0.0648. The Balaban J connectivity index is 2.41. The van der Waals surface area contributed by atoms with Crippen molar-refractivity contribution in [2.24, 2.45) is 0 Å². The molecular formula is C11H8O4. The number of hydrogen-bond acceptors (Lipinski definition) is 3. The van der Waals surface area contributed by atoms with Crippen LogP contribution in [-0.4, -0.2) is 11.1 Å². The van der Waals surface area contributed by atoms with Crippen molar-refractivity contribution in [3.63, 3.8) is 0 Å². The molecule has 2 rings (SSSR count). The van der Waals surface area contributed by atoms with E-state index in [1.807, 2.05) is 0 Å². The Kier molecular flexibility index (Phi) is 2.41. The van der Waals surface area contributed by atoms with E-state index in [4.69, 9.17) is 13.9 Å². The van der Waals surface area contributed by atoms with Gasteiger partial charge in [0.2, 0.25) is 0 Å². The molecule has 0 spiro atoms. The summed E-state index contributed by atoms with van der Waals surface area (Å²) in [4.78, 5) is 11.0. The first kappa shape index (κ1) is 9.33.